The highest BCUT2D eigenvalue weighted by Gasteiger charge is 2.33. The molecular formula is C33H44ClF2N9O3. The third-order valence-corrected chi connectivity index (χ3v) is 9.51. The van der Waals surface area contributed by atoms with Gasteiger partial charge in [0.2, 0.25) is 5.91 Å². The van der Waals surface area contributed by atoms with E-state index in [2.05, 4.69) is 43.9 Å². The van der Waals surface area contributed by atoms with Crippen LogP contribution in [-0.2, 0) is 9.63 Å². The quantitative estimate of drug-likeness (QED) is 0.0685. The number of nitrogens with two attached hydrogens (primary N) is 2. The Hall–Kier alpha value is -3.95. The summed E-state index contributed by atoms with van der Waals surface area (Å²) in [6.45, 7) is 13.1. The maximum Gasteiger partial charge on any atom is 0.247 e. The molecule has 3 fully saturated rings. The summed E-state index contributed by atoms with van der Waals surface area (Å²) in [5, 5.41) is 3.66. The molecule has 3 aliphatic heterocycles. The van der Waals surface area contributed by atoms with E-state index in [4.69, 9.17) is 32.8 Å². The molecule has 0 bridgehead atoms. The summed E-state index contributed by atoms with van der Waals surface area (Å²) in [7, 11) is 1.53. The van der Waals surface area contributed by atoms with E-state index in [9.17, 15) is 13.6 Å². The molecule has 1 atom stereocenters. The second-order valence-corrected chi connectivity index (χ2v) is 12.2. The number of piperazine rings is 1. The number of anilines is 2. The van der Waals surface area contributed by atoms with Crippen LogP contribution in [0.4, 0.5) is 25.8 Å². The number of aliphatic imine (C=N–C) groups is 1. The fraction of sp³-hybridized carbons (Fsp3) is 0.455. The summed E-state index contributed by atoms with van der Waals surface area (Å²) in [6.07, 6.45) is 5.01. The zero-order valence-electron chi connectivity index (χ0n) is 27.4. The molecule has 0 unspecified atom stereocenters. The third-order valence-electron chi connectivity index (χ3n) is 9.16. The Kier molecular flexibility index (Phi) is 11.8. The predicted octanol–water partition coefficient (Wildman–Crippen LogP) is 4.03. The Balaban J connectivity index is 1.38. The number of hydrazine groups is 1. The first-order valence-corrected chi connectivity index (χ1v) is 16.5. The maximum absolute atomic E-state index is 14.9. The van der Waals surface area contributed by atoms with Crippen LogP contribution in [0.1, 0.15) is 37.8 Å². The maximum atomic E-state index is 14.9. The van der Waals surface area contributed by atoms with Gasteiger partial charge in [0.25, 0.3) is 0 Å². The minimum atomic E-state index is -0.881. The van der Waals surface area contributed by atoms with Crippen molar-refractivity contribution in [3.8, 4) is 5.75 Å². The number of ether oxygens (including phenoxy) is 1. The van der Waals surface area contributed by atoms with Gasteiger partial charge in [-0.3, -0.25) is 14.5 Å². The van der Waals surface area contributed by atoms with Gasteiger partial charge in [-0.15, -0.1) is 0 Å². The van der Waals surface area contributed by atoms with Crippen molar-refractivity contribution in [1.29, 1.82) is 0 Å². The average molecular weight is 688 g/mol. The number of rotatable bonds is 11. The number of hydrogen-bond acceptors (Lipinski definition) is 10. The zero-order valence-corrected chi connectivity index (χ0v) is 28.1. The minimum absolute atomic E-state index is 0.00541. The number of nitrogens with zero attached hydrogens (tertiary/aromatic N) is 5. The normalized spacial score (nSPS) is 20.2. The first-order valence-electron chi connectivity index (χ1n) is 16.1. The van der Waals surface area contributed by atoms with Crippen molar-refractivity contribution in [2.24, 2.45) is 16.6 Å². The summed E-state index contributed by atoms with van der Waals surface area (Å²) >= 11 is 5.83. The van der Waals surface area contributed by atoms with Crippen LogP contribution in [0.3, 0.4) is 0 Å². The lowest BCUT2D eigenvalue weighted by Gasteiger charge is -2.43. The summed E-state index contributed by atoms with van der Waals surface area (Å²) in [4.78, 5) is 30.1. The number of methoxy groups -OCH3 is 1. The van der Waals surface area contributed by atoms with Crippen molar-refractivity contribution in [2.45, 2.75) is 38.3 Å². The van der Waals surface area contributed by atoms with Crippen molar-refractivity contribution in [2.75, 3.05) is 69.7 Å². The van der Waals surface area contributed by atoms with E-state index >= 15 is 0 Å². The molecule has 1 amide bonds. The second kappa shape index (κ2) is 16.0. The van der Waals surface area contributed by atoms with Crippen LogP contribution >= 0.6 is 11.6 Å². The molecule has 260 valence electrons. The molecule has 0 spiro atoms. The van der Waals surface area contributed by atoms with E-state index in [-0.39, 0.29) is 29.7 Å². The van der Waals surface area contributed by atoms with Crippen molar-refractivity contribution < 1.29 is 23.1 Å². The number of amides is 1. The lowest BCUT2D eigenvalue weighted by Crippen LogP contribution is -2.53. The Bertz CT molecular complexity index is 1540. The Morgan fingerprint density at radius 1 is 1.17 bits per heavy atom. The van der Waals surface area contributed by atoms with Gasteiger partial charge in [-0.1, -0.05) is 31.2 Å². The van der Waals surface area contributed by atoms with Gasteiger partial charge in [-0.05, 0) is 37.6 Å². The third kappa shape index (κ3) is 7.84. The molecule has 2 aromatic rings. The number of piperidine rings is 1. The number of nitrogens with one attached hydrogen (secondary N) is 2. The van der Waals surface area contributed by atoms with Crippen molar-refractivity contribution in [3.05, 3.63) is 71.0 Å². The number of hydrogen-bond donors (Lipinski definition) is 4. The smallest absolute Gasteiger partial charge is 0.247 e. The van der Waals surface area contributed by atoms with E-state index in [1.165, 1.54) is 30.4 Å². The molecule has 2 aromatic carbocycles. The largest absolute Gasteiger partial charge is 0.494 e. The van der Waals surface area contributed by atoms with Gasteiger partial charge in [0.05, 0.1) is 31.1 Å². The molecule has 5 rings (SSSR count). The Morgan fingerprint density at radius 2 is 1.90 bits per heavy atom. The lowest BCUT2D eigenvalue weighted by atomic mass is 10.0. The molecule has 12 nitrogen and oxygen atoms in total. The monoisotopic (exact) mass is 687 g/mol. The highest BCUT2D eigenvalue weighted by molar-refractivity contribution is 6.31. The first kappa shape index (κ1) is 35.4. The van der Waals surface area contributed by atoms with Gasteiger partial charge in [0.15, 0.2) is 0 Å². The number of likely N-dealkylation sites (N-methyl/N-ethyl adjacent to an activating group) is 1. The molecular weight excluding hydrogens is 644 g/mol. The van der Waals surface area contributed by atoms with E-state index < -0.39 is 22.7 Å². The minimum Gasteiger partial charge on any atom is -0.494 e. The number of hydroxylamine groups is 2. The number of halogens is 3. The Morgan fingerprint density at radius 3 is 2.54 bits per heavy atom. The highest BCUT2D eigenvalue weighted by Crippen LogP contribution is 2.41. The van der Waals surface area contributed by atoms with Crippen LogP contribution in [0.25, 0.3) is 0 Å². The summed E-state index contributed by atoms with van der Waals surface area (Å²) < 4.78 is 34.5. The average Bonchev–Trinajstić information content (AvgIpc) is 3.59. The molecule has 6 N–H and O–H groups in total. The molecule has 0 aromatic heterocycles. The first-order chi connectivity index (χ1) is 23.2. The standard InChI is InChI=1S/C33H44ClF2N9O3/c1-4-31(46)40-24-18-25(28(47-3)19-27(24)44-11-8-21(9-12-44)43-15-13-42(5-2)14-16-43)39-29(37)20-30(41-38)45-26(10-17-48-45)22-6-7-23(35)32(34)33(22)36/h4,6-7,18-21,26,41H,1,5,8-17,38H2,2-3H3,(H2,37,39)(H,40,46)/b30-20+/t26-/m1/s1. The fourth-order valence-corrected chi connectivity index (χ4v) is 6.71. The van der Waals surface area contributed by atoms with E-state index in [0.29, 0.717) is 29.6 Å². The molecule has 3 saturated heterocycles. The lowest BCUT2D eigenvalue weighted by molar-refractivity contribution is -0.111. The van der Waals surface area contributed by atoms with E-state index in [1.807, 2.05) is 6.07 Å². The molecule has 15 heteroatoms. The zero-order chi connectivity index (χ0) is 34.4. The number of carbonyl (C=O) groups excluding carboxylic acids is 1. The fourth-order valence-electron chi connectivity index (χ4n) is 6.54. The molecule has 0 radical (unpaired) electrons. The summed E-state index contributed by atoms with van der Waals surface area (Å²) in [6, 6.07) is 5.81. The van der Waals surface area contributed by atoms with Gasteiger partial charge >= 0.3 is 0 Å². The van der Waals surface area contributed by atoms with Crippen LogP contribution in [0, 0.1) is 11.6 Å². The summed E-state index contributed by atoms with van der Waals surface area (Å²) in [5.74, 6) is 4.34. The highest BCUT2D eigenvalue weighted by atomic mass is 35.5. The SMILES string of the molecule is C=CC(=O)Nc1cc(N=C(N)/C=C(\NN)N2OCC[C@@H]2c2ccc(F)c(Cl)c2F)c(OC)cc1N1CCC(N2CCN(CC)CC2)CC1. The number of amidine groups is 1. The van der Waals surface area contributed by atoms with Gasteiger partial charge in [-0.2, -0.15) is 0 Å². The summed E-state index contributed by atoms with van der Waals surface area (Å²) in [5.41, 5.74) is 10.7. The van der Waals surface area contributed by atoms with Crippen LogP contribution in [0.2, 0.25) is 5.02 Å². The van der Waals surface area contributed by atoms with Crippen LogP contribution in [0.15, 0.2) is 53.8 Å². The van der Waals surface area contributed by atoms with Crippen LogP contribution < -0.4 is 32.0 Å². The van der Waals surface area contributed by atoms with E-state index in [0.717, 1.165) is 70.4 Å². The van der Waals surface area contributed by atoms with Gasteiger partial charge in [0.1, 0.15) is 39.8 Å². The van der Waals surface area contributed by atoms with Crippen molar-refractivity contribution >= 4 is 40.4 Å². The molecule has 0 saturated carbocycles. The number of benzene rings is 2. The van der Waals surface area contributed by atoms with E-state index in [1.54, 1.807) is 6.07 Å². The predicted molar refractivity (Wildman–Crippen MR) is 184 cm³/mol. The topological polar surface area (TPSA) is 137 Å². The molecule has 0 aliphatic carbocycles. The molecule has 3 heterocycles. The Labute approximate surface area is 284 Å². The number of carbonyl (C=O) groups is 1. The van der Waals surface area contributed by atoms with Gasteiger partial charge in [-0.25, -0.2) is 24.7 Å². The molecule has 3 aliphatic rings. The van der Waals surface area contributed by atoms with Gasteiger partial charge < -0.3 is 31.0 Å². The van der Waals surface area contributed by atoms with Crippen LogP contribution in [-0.4, -0.2) is 92.2 Å². The molecule has 48 heavy (non-hydrogen) atoms. The van der Waals surface area contributed by atoms with Crippen molar-refractivity contribution in [3.63, 3.8) is 0 Å². The van der Waals surface area contributed by atoms with Crippen LogP contribution in [0.5, 0.6) is 5.75 Å². The van der Waals surface area contributed by atoms with Gasteiger partial charge in [0, 0.05) is 69.4 Å². The van der Waals surface area contributed by atoms with Crippen molar-refractivity contribution in [1.82, 2.24) is 20.3 Å². The second-order valence-electron chi connectivity index (χ2n) is 11.9.